The van der Waals surface area contributed by atoms with E-state index in [4.69, 9.17) is 15.6 Å². The van der Waals surface area contributed by atoms with Crippen LogP contribution in [0.5, 0.6) is 0 Å². The number of likely N-dealkylation sites (N-methyl/N-ethyl adjacent to an activating group) is 1. The number of thiophene rings is 1. The van der Waals surface area contributed by atoms with E-state index >= 15 is 0 Å². The number of benzene rings is 1. The Labute approximate surface area is 246 Å². The van der Waals surface area contributed by atoms with Crippen molar-refractivity contribution in [3.8, 4) is 11.1 Å². The highest BCUT2D eigenvalue weighted by atomic mass is 32.2. The molecular formula is C27H35F3N4O6S2. The number of fused-ring (bicyclic) bond motifs is 1. The number of H-pyrrole nitrogens is 1. The normalized spacial score (nSPS) is 15.9. The van der Waals surface area contributed by atoms with E-state index in [1.807, 2.05) is 19.3 Å². The van der Waals surface area contributed by atoms with E-state index in [9.17, 15) is 31.5 Å². The molecule has 1 aliphatic heterocycles. The van der Waals surface area contributed by atoms with E-state index < -0.39 is 28.1 Å². The molecule has 1 unspecified atom stereocenters. The summed E-state index contributed by atoms with van der Waals surface area (Å²) >= 11 is 1.65. The predicted octanol–water partition coefficient (Wildman–Crippen LogP) is 3.97. The Balaban J connectivity index is 0.000000616. The number of rotatable bonds is 9. The highest BCUT2D eigenvalue weighted by Gasteiger charge is 2.38. The van der Waals surface area contributed by atoms with Crippen LogP contribution in [-0.4, -0.2) is 89.4 Å². The first-order valence-electron chi connectivity index (χ1n) is 13.2. The van der Waals surface area contributed by atoms with Gasteiger partial charge in [-0.3, -0.25) is 9.69 Å². The second-order valence-corrected chi connectivity index (χ2v) is 13.5. The number of hydrogen-bond acceptors (Lipinski definition) is 7. The van der Waals surface area contributed by atoms with Gasteiger partial charge < -0.3 is 20.9 Å². The van der Waals surface area contributed by atoms with Crippen molar-refractivity contribution in [3.63, 3.8) is 0 Å². The lowest BCUT2D eigenvalue weighted by molar-refractivity contribution is -0.192. The third-order valence-electron chi connectivity index (χ3n) is 6.97. The number of aromatic amines is 1. The van der Waals surface area contributed by atoms with Gasteiger partial charge in [-0.25, -0.2) is 17.5 Å². The highest BCUT2D eigenvalue weighted by molar-refractivity contribution is 7.89. The Kier molecular flexibility index (Phi) is 10.8. The number of carboxylic acids is 1. The number of carboxylic acid groups (broad SMARTS) is 1. The van der Waals surface area contributed by atoms with Crippen LogP contribution in [0.4, 0.5) is 13.2 Å². The maximum atomic E-state index is 12.3. The van der Waals surface area contributed by atoms with Crippen LogP contribution in [0.1, 0.15) is 53.4 Å². The zero-order valence-electron chi connectivity index (χ0n) is 23.4. The molecule has 1 saturated heterocycles. The fourth-order valence-electron chi connectivity index (χ4n) is 4.98. The smallest absolute Gasteiger partial charge is 0.475 e. The van der Waals surface area contributed by atoms with Crippen LogP contribution in [0.3, 0.4) is 0 Å². The van der Waals surface area contributed by atoms with Crippen molar-refractivity contribution in [2.24, 2.45) is 5.73 Å². The van der Waals surface area contributed by atoms with Crippen LogP contribution in [-0.2, 0) is 21.4 Å². The van der Waals surface area contributed by atoms with Crippen molar-refractivity contribution in [1.29, 1.82) is 0 Å². The standard InChI is InChI=1S/C25H34N4O4S2.C2HF3O2/c1-4-35(32,33)29-7-5-17(6-8-29)23-12-27-24-21(23)10-18(11-22(24)25(26)31)19-9-20(34-15-19)14-28(3)13-16(2)30;3-2(4,5)1(6)7/h9-12,15-17,27,30H,4-8,13-14H2,1-3H3,(H2,26,31);(H,6,7). The molecule has 3 heterocycles. The summed E-state index contributed by atoms with van der Waals surface area (Å²) in [5.74, 6) is -2.92. The topological polar surface area (TPSA) is 157 Å². The molecule has 0 aliphatic carbocycles. The second kappa shape index (κ2) is 13.5. The summed E-state index contributed by atoms with van der Waals surface area (Å²) in [6.45, 7) is 5.78. The molecule has 1 amide bonds. The summed E-state index contributed by atoms with van der Waals surface area (Å²) in [4.78, 5) is 27.7. The summed E-state index contributed by atoms with van der Waals surface area (Å²) in [7, 11) is -1.20. The molecule has 5 N–H and O–H groups in total. The van der Waals surface area contributed by atoms with E-state index in [2.05, 4.69) is 27.4 Å². The molecule has 0 radical (unpaired) electrons. The third kappa shape index (κ3) is 8.31. The average molecular weight is 633 g/mol. The predicted molar refractivity (Wildman–Crippen MR) is 155 cm³/mol. The van der Waals surface area contributed by atoms with Crippen molar-refractivity contribution in [2.45, 2.75) is 51.4 Å². The largest absolute Gasteiger partial charge is 0.490 e. The summed E-state index contributed by atoms with van der Waals surface area (Å²) < 4.78 is 57.8. The summed E-state index contributed by atoms with van der Waals surface area (Å²) in [5, 5.41) is 19.8. The van der Waals surface area contributed by atoms with Crippen LogP contribution in [0.25, 0.3) is 22.0 Å². The van der Waals surface area contributed by atoms with Crippen LogP contribution in [0.2, 0.25) is 0 Å². The number of hydrogen-bond donors (Lipinski definition) is 4. The average Bonchev–Trinajstić information content (AvgIpc) is 3.54. The van der Waals surface area contributed by atoms with Gasteiger partial charge in [-0.05, 0) is 79.9 Å². The van der Waals surface area contributed by atoms with Gasteiger partial charge in [-0.2, -0.15) is 13.2 Å². The summed E-state index contributed by atoms with van der Waals surface area (Å²) in [5.41, 5.74) is 9.99. The number of sulfonamides is 1. The van der Waals surface area contributed by atoms with Gasteiger partial charge in [0.25, 0.3) is 5.91 Å². The SMILES string of the molecule is CCS(=O)(=O)N1CCC(c2c[nH]c3c(C(N)=O)cc(-c4csc(CN(C)CC(C)O)c4)cc23)CC1.O=C(O)C(F)(F)F. The van der Waals surface area contributed by atoms with E-state index in [1.54, 1.807) is 29.5 Å². The number of piperidine rings is 1. The number of alkyl halides is 3. The van der Waals surface area contributed by atoms with Crippen molar-refractivity contribution in [2.75, 3.05) is 32.4 Å². The molecule has 3 aromatic rings. The highest BCUT2D eigenvalue weighted by Crippen LogP contribution is 2.38. The van der Waals surface area contributed by atoms with E-state index in [1.165, 1.54) is 4.88 Å². The number of aliphatic hydroxyl groups excluding tert-OH is 1. The maximum absolute atomic E-state index is 12.3. The molecule has 2 aromatic heterocycles. The van der Waals surface area contributed by atoms with Gasteiger partial charge in [0.05, 0.1) is 22.9 Å². The molecule has 232 valence electrons. The van der Waals surface area contributed by atoms with Gasteiger partial charge >= 0.3 is 12.1 Å². The van der Waals surface area contributed by atoms with Gasteiger partial charge in [0.15, 0.2) is 0 Å². The summed E-state index contributed by atoms with van der Waals surface area (Å²) in [6, 6.07) is 6.07. The number of halogens is 3. The minimum absolute atomic E-state index is 0.119. The number of carbonyl (C=O) groups excluding carboxylic acids is 1. The van der Waals surface area contributed by atoms with Crippen LogP contribution < -0.4 is 5.73 Å². The third-order valence-corrected chi connectivity index (χ3v) is 9.77. The minimum atomic E-state index is -5.08. The Hall–Kier alpha value is -2.98. The Morgan fingerprint density at radius 2 is 1.83 bits per heavy atom. The number of aliphatic carboxylic acids is 1. The molecule has 42 heavy (non-hydrogen) atoms. The molecule has 4 rings (SSSR count). The van der Waals surface area contributed by atoms with Gasteiger partial charge in [0.2, 0.25) is 10.0 Å². The zero-order chi connectivity index (χ0) is 31.4. The first-order valence-corrected chi connectivity index (χ1v) is 15.7. The van der Waals surface area contributed by atoms with Crippen molar-refractivity contribution < 1.29 is 41.4 Å². The summed E-state index contributed by atoms with van der Waals surface area (Å²) in [6.07, 6.45) is -2.05. The molecule has 1 fully saturated rings. The lowest BCUT2D eigenvalue weighted by Gasteiger charge is -2.31. The van der Waals surface area contributed by atoms with Crippen molar-refractivity contribution in [1.82, 2.24) is 14.2 Å². The number of amides is 1. The number of nitrogens with two attached hydrogens (primary N) is 1. The number of primary amides is 1. The van der Waals surface area contributed by atoms with Crippen molar-refractivity contribution >= 4 is 44.1 Å². The van der Waals surface area contributed by atoms with Crippen molar-refractivity contribution in [3.05, 3.63) is 45.8 Å². The lowest BCUT2D eigenvalue weighted by atomic mass is 9.88. The van der Waals surface area contributed by atoms with Crippen LogP contribution in [0.15, 0.2) is 29.8 Å². The van der Waals surface area contributed by atoms with E-state index in [-0.39, 0.29) is 17.8 Å². The molecule has 1 aromatic carbocycles. The Bertz CT molecular complexity index is 1510. The molecule has 0 saturated carbocycles. The minimum Gasteiger partial charge on any atom is -0.475 e. The van der Waals surface area contributed by atoms with Gasteiger partial charge in [-0.1, -0.05) is 0 Å². The molecule has 15 heteroatoms. The van der Waals surface area contributed by atoms with Crippen LogP contribution >= 0.6 is 11.3 Å². The molecule has 1 atom stereocenters. The number of aliphatic hydroxyl groups is 1. The Morgan fingerprint density at radius 1 is 1.21 bits per heavy atom. The molecule has 10 nitrogen and oxygen atoms in total. The number of nitrogens with one attached hydrogen (secondary N) is 1. The number of nitrogens with zero attached hydrogens (tertiary/aromatic N) is 2. The number of aromatic nitrogens is 1. The quantitative estimate of drug-likeness (QED) is 0.278. The van der Waals surface area contributed by atoms with Gasteiger partial charge in [0.1, 0.15) is 0 Å². The molecule has 0 spiro atoms. The number of carbonyl (C=O) groups is 2. The zero-order valence-corrected chi connectivity index (χ0v) is 25.1. The maximum Gasteiger partial charge on any atom is 0.490 e. The monoisotopic (exact) mass is 632 g/mol. The van der Waals surface area contributed by atoms with Gasteiger partial charge in [-0.15, -0.1) is 11.3 Å². The second-order valence-electron chi connectivity index (χ2n) is 10.3. The molecule has 0 bridgehead atoms. The lowest BCUT2D eigenvalue weighted by Crippen LogP contribution is -2.38. The fourth-order valence-corrected chi connectivity index (χ4v) is 7.08. The first kappa shape index (κ1) is 33.5. The Morgan fingerprint density at radius 3 is 2.36 bits per heavy atom. The fraction of sp³-hybridized carbons (Fsp3) is 0.481. The van der Waals surface area contributed by atoms with E-state index in [0.29, 0.717) is 25.2 Å². The molecule has 1 aliphatic rings. The van der Waals surface area contributed by atoms with Crippen LogP contribution in [0, 0.1) is 0 Å². The first-order chi connectivity index (χ1) is 19.5. The van der Waals surface area contributed by atoms with E-state index in [0.717, 1.165) is 47.0 Å². The van der Waals surface area contributed by atoms with Gasteiger partial charge in [0, 0.05) is 42.6 Å². The molecular weight excluding hydrogens is 597 g/mol.